The topological polar surface area (TPSA) is 9.23 Å². The van der Waals surface area contributed by atoms with Crippen molar-refractivity contribution in [3.8, 4) is 5.75 Å². The van der Waals surface area contributed by atoms with Crippen LogP contribution in [0.3, 0.4) is 0 Å². The zero-order chi connectivity index (χ0) is 17.5. The summed E-state index contributed by atoms with van der Waals surface area (Å²) in [7, 11) is 1.70. The monoisotopic (exact) mass is 348 g/mol. The molecule has 0 aliphatic rings. The number of benzene rings is 1. The Morgan fingerprint density at radius 2 is 1.42 bits per heavy atom. The third-order valence-corrected chi connectivity index (χ3v) is 5.55. The Bertz CT molecular complexity index is 424. The fourth-order valence-corrected chi connectivity index (χ4v) is 3.76. The Morgan fingerprint density at radius 1 is 0.875 bits per heavy atom. The van der Waals surface area contributed by atoms with Crippen molar-refractivity contribution >= 4 is 17.3 Å². The lowest BCUT2D eigenvalue weighted by molar-refractivity contribution is 0.415. The molecule has 0 unspecified atom stereocenters. The molecule has 0 radical (unpaired) electrons. The molecule has 0 amide bonds. The molecule has 0 N–H and O–H groups in total. The van der Waals surface area contributed by atoms with Crippen LogP contribution >= 0.6 is 11.8 Å². The first-order valence-corrected chi connectivity index (χ1v) is 10.8. The van der Waals surface area contributed by atoms with Crippen LogP contribution in [0.25, 0.3) is 5.57 Å². The van der Waals surface area contributed by atoms with E-state index in [1.807, 2.05) is 23.9 Å². The van der Waals surface area contributed by atoms with Crippen LogP contribution in [-0.4, -0.2) is 18.6 Å². The van der Waals surface area contributed by atoms with Gasteiger partial charge in [0.05, 0.1) is 7.11 Å². The Kier molecular flexibility index (Phi) is 12.7. The quantitative estimate of drug-likeness (QED) is 0.306. The van der Waals surface area contributed by atoms with Crippen LogP contribution in [0, 0.1) is 0 Å². The second kappa shape index (κ2) is 14.5. The lowest BCUT2D eigenvalue weighted by Crippen LogP contribution is -1.90. The van der Waals surface area contributed by atoms with Crippen LogP contribution in [0.4, 0.5) is 0 Å². The smallest absolute Gasteiger partial charge is 0.118 e. The van der Waals surface area contributed by atoms with Gasteiger partial charge in [-0.1, -0.05) is 83.4 Å². The first-order chi connectivity index (χ1) is 11.8. The van der Waals surface area contributed by atoms with Crippen molar-refractivity contribution in [1.82, 2.24) is 0 Å². The van der Waals surface area contributed by atoms with E-state index in [4.69, 9.17) is 4.74 Å². The van der Waals surface area contributed by atoms with E-state index in [1.165, 1.54) is 81.1 Å². The highest BCUT2D eigenvalue weighted by molar-refractivity contribution is 7.99. The molecule has 0 aliphatic heterocycles. The Morgan fingerprint density at radius 3 is 1.96 bits per heavy atom. The van der Waals surface area contributed by atoms with Gasteiger partial charge in [0.2, 0.25) is 0 Å². The highest BCUT2D eigenvalue weighted by atomic mass is 32.2. The van der Waals surface area contributed by atoms with Gasteiger partial charge in [0.25, 0.3) is 0 Å². The number of rotatable bonds is 15. The molecule has 0 fully saturated rings. The molecule has 1 aromatic carbocycles. The van der Waals surface area contributed by atoms with E-state index in [0.29, 0.717) is 0 Å². The minimum Gasteiger partial charge on any atom is -0.497 e. The molecule has 0 atom stereocenters. The number of thioether (sulfide) groups is 1. The maximum absolute atomic E-state index is 5.19. The van der Waals surface area contributed by atoms with Gasteiger partial charge in [0.15, 0.2) is 0 Å². The average Bonchev–Trinajstić information content (AvgIpc) is 2.62. The highest BCUT2D eigenvalue weighted by Crippen LogP contribution is 2.21. The molecule has 1 rings (SSSR count). The zero-order valence-corrected chi connectivity index (χ0v) is 16.6. The summed E-state index contributed by atoms with van der Waals surface area (Å²) in [5.74, 6) is 3.19. The van der Waals surface area contributed by atoms with E-state index >= 15 is 0 Å². The summed E-state index contributed by atoms with van der Waals surface area (Å²) in [6.07, 6.45) is 14.1. The number of hydrogen-bond donors (Lipinski definition) is 0. The molecule has 0 bridgehead atoms. The number of ether oxygens (including phenoxy) is 1. The number of methoxy groups -OCH3 is 1. The van der Waals surface area contributed by atoms with E-state index < -0.39 is 0 Å². The second-order valence-electron chi connectivity index (χ2n) is 6.57. The Labute approximate surface area is 154 Å². The molecule has 0 aromatic heterocycles. The van der Waals surface area contributed by atoms with Gasteiger partial charge in [0.1, 0.15) is 5.75 Å². The normalized spacial score (nSPS) is 10.8. The standard InChI is InChI=1S/C22H36OS/c1-4-5-6-7-8-9-10-11-12-13-18-24-19-20(2)21-14-16-22(23-3)17-15-21/h14-17H,2,4-13,18-19H2,1,3H3. The number of hydrogen-bond acceptors (Lipinski definition) is 2. The molecule has 0 saturated heterocycles. The second-order valence-corrected chi connectivity index (χ2v) is 7.67. The van der Waals surface area contributed by atoms with Gasteiger partial charge in [-0.15, -0.1) is 0 Å². The first-order valence-electron chi connectivity index (χ1n) is 9.68. The average molecular weight is 349 g/mol. The largest absolute Gasteiger partial charge is 0.497 e. The van der Waals surface area contributed by atoms with E-state index in [2.05, 4.69) is 25.6 Å². The summed E-state index contributed by atoms with van der Waals surface area (Å²) in [6, 6.07) is 8.21. The van der Waals surface area contributed by atoms with Gasteiger partial charge in [-0.05, 0) is 35.4 Å². The molecule has 2 heteroatoms. The predicted molar refractivity (Wildman–Crippen MR) is 111 cm³/mol. The van der Waals surface area contributed by atoms with Gasteiger partial charge in [-0.25, -0.2) is 0 Å². The van der Waals surface area contributed by atoms with Gasteiger partial charge in [-0.3, -0.25) is 0 Å². The lowest BCUT2D eigenvalue weighted by Gasteiger charge is -2.07. The summed E-state index contributed by atoms with van der Waals surface area (Å²) in [5.41, 5.74) is 2.45. The summed E-state index contributed by atoms with van der Waals surface area (Å²) in [4.78, 5) is 0. The van der Waals surface area contributed by atoms with Gasteiger partial charge < -0.3 is 4.74 Å². The van der Waals surface area contributed by atoms with Gasteiger partial charge >= 0.3 is 0 Å². The molecule has 0 spiro atoms. The van der Waals surface area contributed by atoms with E-state index in [-0.39, 0.29) is 0 Å². The maximum atomic E-state index is 5.19. The van der Waals surface area contributed by atoms with E-state index in [9.17, 15) is 0 Å². The summed E-state index contributed by atoms with van der Waals surface area (Å²) in [6.45, 7) is 6.49. The fourth-order valence-electron chi connectivity index (χ4n) is 2.80. The van der Waals surface area contributed by atoms with Crippen molar-refractivity contribution in [2.45, 2.75) is 71.1 Å². The van der Waals surface area contributed by atoms with Crippen LogP contribution in [0.2, 0.25) is 0 Å². The maximum Gasteiger partial charge on any atom is 0.118 e. The molecular weight excluding hydrogens is 312 g/mol. The van der Waals surface area contributed by atoms with Crippen molar-refractivity contribution in [3.63, 3.8) is 0 Å². The van der Waals surface area contributed by atoms with E-state index in [1.54, 1.807) is 7.11 Å². The molecule has 136 valence electrons. The van der Waals surface area contributed by atoms with Crippen molar-refractivity contribution in [3.05, 3.63) is 36.4 Å². The predicted octanol–water partition coefficient (Wildman–Crippen LogP) is 7.36. The number of unbranched alkanes of at least 4 members (excludes halogenated alkanes) is 9. The van der Waals surface area contributed by atoms with Crippen molar-refractivity contribution in [2.24, 2.45) is 0 Å². The third-order valence-electron chi connectivity index (χ3n) is 4.42. The molecular formula is C22H36OS. The lowest BCUT2D eigenvalue weighted by atomic mass is 10.1. The highest BCUT2D eigenvalue weighted by Gasteiger charge is 2.00. The summed E-state index contributed by atoms with van der Waals surface area (Å²) >= 11 is 2.01. The van der Waals surface area contributed by atoms with Crippen molar-refractivity contribution < 1.29 is 4.74 Å². The van der Waals surface area contributed by atoms with Gasteiger partial charge in [-0.2, -0.15) is 11.8 Å². The minimum absolute atomic E-state index is 0.907. The fraction of sp³-hybridized carbons (Fsp3) is 0.636. The molecule has 0 saturated carbocycles. The Hall–Kier alpha value is -0.890. The van der Waals surface area contributed by atoms with Crippen LogP contribution in [0.1, 0.15) is 76.7 Å². The SMILES string of the molecule is C=C(CSCCCCCCCCCCCC)c1ccc(OC)cc1. The molecule has 0 aliphatic carbocycles. The summed E-state index contributed by atoms with van der Waals surface area (Å²) < 4.78 is 5.19. The van der Waals surface area contributed by atoms with Crippen LogP contribution in [-0.2, 0) is 0 Å². The van der Waals surface area contributed by atoms with Crippen molar-refractivity contribution in [1.29, 1.82) is 0 Å². The third kappa shape index (κ3) is 10.1. The van der Waals surface area contributed by atoms with Gasteiger partial charge in [0, 0.05) is 5.75 Å². The van der Waals surface area contributed by atoms with Crippen LogP contribution in [0.15, 0.2) is 30.8 Å². The molecule has 0 heterocycles. The molecule has 1 aromatic rings. The Balaban J connectivity index is 1.93. The van der Waals surface area contributed by atoms with Crippen LogP contribution < -0.4 is 4.74 Å². The molecule has 24 heavy (non-hydrogen) atoms. The van der Waals surface area contributed by atoms with E-state index in [0.717, 1.165) is 11.5 Å². The minimum atomic E-state index is 0.907. The molecule has 1 nitrogen and oxygen atoms in total. The summed E-state index contributed by atoms with van der Waals surface area (Å²) in [5, 5.41) is 0. The zero-order valence-electron chi connectivity index (χ0n) is 15.8. The van der Waals surface area contributed by atoms with Crippen LogP contribution in [0.5, 0.6) is 5.75 Å². The first kappa shape index (κ1) is 21.2. The van der Waals surface area contributed by atoms with Crippen molar-refractivity contribution in [2.75, 3.05) is 18.6 Å².